The zero-order valence-corrected chi connectivity index (χ0v) is 14.6. The molecule has 1 heterocycles. The van der Waals surface area contributed by atoms with Gasteiger partial charge in [-0.2, -0.15) is 0 Å². The summed E-state index contributed by atoms with van der Waals surface area (Å²) in [6.07, 6.45) is 15.5. The molecule has 124 valence electrons. The van der Waals surface area contributed by atoms with Gasteiger partial charge in [0.15, 0.2) is 0 Å². The van der Waals surface area contributed by atoms with E-state index in [0.29, 0.717) is 11.8 Å². The van der Waals surface area contributed by atoms with E-state index < -0.39 is 0 Å². The molecule has 1 atom stereocenters. The molecular weight excluding hydrogens is 304 g/mol. The summed E-state index contributed by atoms with van der Waals surface area (Å²) in [6, 6.07) is 6.30. The van der Waals surface area contributed by atoms with Gasteiger partial charge in [0, 0.05) is 5.02 Å². The molecule has 3 N–H and O–H groups in total. The highest BCUT2D eigenvalue weighted by Gasteiger charge is 2.25. The van der Waals surface area contributed by atoms with E-state index in [1.165, 1.54) is 24.0 Å². The first-order valence-electron chi connectivity index (χ1n) is 8.42. The van der Waals surface area contributed by atoms with Gasteiger partial charge < -0.3 is 11.1 Å². The molecule has 0 aromatic heterocycles. The van der Waals surface area contributed by atoms with Gasteiger partial charge in [0.25, 0.3) is 0 Å². The van der Waals surface area contributed by atoms with E-state index in [2.05, 4.69) is 42.6 Å². The van der Waals surface area contributed by atoms with Crippen LogP contribution >= 0.6 is 11.6 Å². The molecule has 0 aliphatic carbocycles. The Labute approximate surface area is 145 Å². The Morgan fingerprint density at radius 3 is 2.78 bits per heavy atom. The number of nitrogens with two attached hydrogens (primary N) is 1. The molecule has 1 aromatic rings. The molecule has 0 amide bonds. The van der Waals surface area contributed by atoms with Crippen molar-refractivity contribution in [3.8, 4) is 0 Å². The first-order valence-corrected chi connectivity index (χ1v) is 8.80. The minimum atomic E-state index is 0.517. The maximum Gasteiger partial charge on any atom is 0.0412 e. The van der Waals surface area contributed by atoms with Crippen molar-refractivity contribution in [3.63, 3.8) is 0 Å². The van der Waals surface area contributed by atoms with E-state index in [1.807, 2.05) is 18.2 Å². The number of rotatable bonds is 6. The number of hydrogen-bond acceptors (Lipinski definition) is 2. The minimum absolute atomic E-state index is 0.517. The maximum absolute atomic E-state index is 6.21. The molecular formula is C20H27ClN2. The lowest BCUT2D eigenvalue weighted by atomic mass is 9.77. The summed E-state index contributed by atoms with van der Waals surface area (Å²) < 4.78 is 0. The Bertz CT molecular complexity index is 569. The second-order valence-electron chi connectivity index (χ2n) is 6.02. The van der Waals surface area contributed by atoms with Crippen LogP contribution in [0, 0.1) is 5.92 Å². The summed E-state index contributed by atoms with van der Waals surface area (Å²) in [5, 5.41) is 4.26. The minimum Gasteiger partial charge on any atom is -0.405 e. The van der Waals surface area contributed by atoms with Crippen LogP contribution in [-0.2, 0) is 0 Å². The summed E-state index contributed by atoms with van der Waals surface area (Å²) in [5.41, 5.74) is 8.06. The molecule has 0 saturated carbocycles. The fourth-order valence-corrected chi connectivity index (χ4v) is 3.58. The van der Waals surface area contributed by atoms with Crippen LogP contribution in [0.2, 0.25) is 5.02 Å². The molecule has 0 bridgehead atoms. The average Bonchev–Trinajstić information content (AvgIpc) is 2.57. The normalized spacial score (nSPS) is 18.3. The van der Waals surface area contributed by atoms with E-state index in [-0.39, 0.29) is 0 Å². The zero-order chi connectivity index (χ0) is 16.5. The number of allylic oxidation sites excluding steroid dienone is 4. The van der Waals surface area contributed by atoms with Crippen LogP contribution in [0.3, 0.4) is 0 Å². The van der Waals surface area contributed by atoms with Crippen molar-refractivity contribution in [1.82, 2.24) is 5.32 Å². The van der Waals surface area contributed by atoms with Gasteiger partial charge >= 0.3 is 0 Å². The number of hydrogen-bond donors (Lipinski definition) is 2. The third kappa shape index (κ3) is 5.26. The van der Waals surface area contributed by atoms with Crippen molar-refractivity contribution in [2.24, 2.45) is 11.7 Å². The second-order valence-corrected chi connectivity index (χ2v) is 6.45. The third-order valence-electron chi connectivity index (χ3n) is 4.50. The van der Waals surface area contributed by atoms with Crippen molar-refractivity contribution >= 4 is 17.7 Å². The molecule has 0 spiro atoms. The monoisotopic (exact) mass is 330 g/mol. The third-order valence-corrected chi connectivity index (χ3v) is 4.73. The van der Waals surface area contributed by atoms with E-state index in [1.54, 1.807) is 6.20 Å². The van der Waals surface area contributed by atoms with Gasteiger partial charge in [-0.25, -0.2) is 0 Å². The van der Waals surface area contributed by atoms with Gasteiger partial charge in [-0.15, -0.1) is 0 Å². The van der Waals surface area contributed by atoms with Crippen molar-refractivity contribution in [2.75, 3.05) is 13.1 Å². The summed E-state index contributed by atoms with van der Waals surface area (Å²) >= 11 is 6.21. The van der Waals surface area contributed by atoms with Crippen LogP contribution in [0.1, 0.15) is 43.2 Å². The van der Waals surface area contributed by atoms with Crippen LogP contribution in [0.25, 0.3) is 6.08 Å². The predicted octanol–water partition coefficient (Wildman–Crippen LogP) is 4.88. The summed E-state index contributed by atoms with van der Waals surface area (Å²) in [6.45, 7) is 4.27. The molecule has 3 heteroatoms. The van der Waals surface area contributed by atoms with E-state index in [0.717, 1.165) is 24.5 Å². The summed E-state index contributed by atoms with van der Waals surface area (Å²) in [7, 11) is 0. The first-order chi connectivity index (χ1) is 11.3. The highest BCUT2D eigenvalue weighted by atomic mass is 35.5. The Morgan fingerprint density at radius 1 is 1.30 bits per heavy atom. The molecule has 1 unspecified atom stereocenters. The number of piperidine rings is 1. The Kier molecular flexibility index (Phi) is 7.44. The Hall–Kier alpha value is -1.51. The molecule has 1 fully saturated rings. The highest BCUT2D eigenvalue weighted by Crippen LogP contribution is 2.37. The van der Waals surface area contributed by atoms with E-state index in [9.17, 15) is 0 Å². The molecule has 1 aliphatic rings. The highest BCUT2D eigenvalue weighted by molar-refractivity contribution is 6.30. The van der Waals surface area contributed by atoms with Gasteiger partial charge in [0.1, 0.15) is 0 Å². The SMILES string of the molecule is C/C=C/c1cc(Cl)ccc1C(C/C=C\C=C/N)C1CCNCC1. The van der Waals surface area contributed by atoms with Crippen molar-refractivity contribution in [1.29, 1.82) is 0 Å². The van der Waals surface area contributed by atoms with Gasteiger partial charge in [0.05, 0.1) is 0 Å². The fraction of sp³-hybridized carbons (Fsp3) is 0.400. The molecule has 23 heavy (non-hydrogen) atoms. The summed E-state index contributed by atoms with van der Waals surface area (Å²) in [4.78, 5) is 0. The number of nitrogens with one attached hydrogen (secondary N) is 1. The Morgan fingerprint density at radius 2 is 2.09 bits per heavy atom. The Balaban J connectivity index is 2.31. The van der Waals surface area contributed by atoms with Crippen LogP contribution < -0.4 is 11.1 Å². The second kappa shape index (κ2) is 9.59. The standard InChI is InChI=1S/C20H27ClN2/c1-2-6-17-15-18(21)8-9-20(17)19(7-4-3-5-12-22)16-10-13-23-14-11-16/h2-6,8-9,12,15-16,19,23H,7,10-11,13-14,22H2,1H3/b4-3-,6-2+,12-5-. The maximum atomic E-state index is 6.21. The number of benzene rings is 1. The van der Waals surface area contributed by atoms with Gasteiger partial charge in [-0.1, -0.05) is 42.0 Å². The van der Waals surface area contributed by atoms with Crippen LogP contribution in [-0.4, -0.2) is 13.1 Å². The molecule has 1 aliphatic heterocycles. The molecule has 1 saturated heterocycles. The fourth-order valence-electron chi connectivity index (χ4n) is 3.40. The van der Waals surface area contributed by atoms with Crippen LogP contribution in [0.15, 0.2) is 48.7 Å². The smallest absolute Gasteiger partial charge is 0.0412 e. The largest absolute Gasteiger partial charge is 0.405 e. The van der Waals surface area contributed by atoms with E-state index in [4.69, 9.17) is 17.3 Å². The summed E-state index contributed by atoms with van der Waals surface area (Å²) in [5.74, 6) is 1.22. The molecule has 0 radical (unpaired) electrons. The van der Waals surface area contributed by atoms with Gasteiger partial charge in [-0.3, -0.25) is 0 Å². The quantitative estimate of drug-likeness (QED) is 0.730. The van der Waals surface area contributed by atoms with Crippen molar-refractivity contribution < 1.29 is 0 Å². The van der Waals surface area contributed by atoms with Crippen LogP contribution in [0.5, 0.6) is 0 Å². The lowest BCUT2D eigenvalue weighted by Crippen LogP contribution is -2.31. The number of halogens is 1. The molecule has 1 aromatic carbocycles. The molecule has 2 nitrogen and oxygen atoms in total. The average molecular weight is 331 g/mol. The molecule has 2 rings (SSSR count). The van der Waals surface area contributed by atoms with Gasteiger partial charge in [-0.05, 0) is 86.6 Å². The van der Waals surface area contributed by atoms with Crippen LogP contribution in [0.4, 0.5) is 0 Å². The first kappa shape index (κ1) is 17.8. The lowest BCUT2D eigenvalue weighted by Gasteiger charge is -2.31. The van der Waals surface area contributed by atoms with Crippen molar-refractivity contribution in [2.45, 2.75) is 32.1 Å². The van der Waals surface area contributed by atoms with E-state index >= 15 is 0 Å². The lowest BCUT2D eigenvalue weighted by molar-refractivity contribution is 0.318. The zero-order valence-electron chi connectivity index (χ0n) is 13.8. The predicted molar refractivity (Wildman–Crippen MR) is 102 cm³/mol. The van der Waals surface area contributed by atoms with Gasteiger partial charge in [0.2, 0.25) is 0 Å². The topological polar surface area (TPSA) is 38.0 Å². The van der Waals surface area contributed by atoms with Crippen molar-refractivity contribution in [3.05, 3.63) is 64.9 Å².